The molecule has 162 valence electrons. The number of carbonyl (C=O) groups excluding carboxylic acids is 2. The van der Waals surface area contributed by atoms with Crippen LogP contribution in [0, 0.1) is 0 Å². The second-order valence-electron chi connectivity index (χ2n) is 7.65. The molecule has 0 bridgehead atoms. The third kappa shape index (κ3) is 7.06. The molecule has 0 aliphatic carbocycles. The van der Waals surface area contributed by atoms with Gasteiger partial charge in [-0.15, -0.1) is 0 Å². The number of amides is 2. The van der Waals surface area contributed by atoms with Crippen LogP contribution in [0.3, 0.4) is 0 Å². The lowest BCUT2D eigenvalue weighted by Gasteiger charge is -2.16. The molecule has 2 aromatic rings. The summed E-state index contributed by atoms with van der Waals surface area (Å²) in [6, 6.07) is 13.3. The van der Waals surface area contributed by atoms with E-state index in [2.05, 4.69) is 54.5 Å². The Labute approximate surface area is 186 Å². The van der Waals surface area contributed by atoms with E-state index in [0.29, 0.717) is 23.3 Å². The van der Waals surface area contributed by atoms with Gasteiger partial charge in [-0.3, -0.25) is 20.4 Å². The van der Waals surface area contributed by atoms with Crippen LogP contribution in [-0.4, -0.2) is 24.5 Å². The van der Waals surface area contributed by atoms with Crippen molar-refractivity contribution in [3.8, 4) is 11.5 Å². The van der Waals surface area contributed by atoms with Gasteiger partial charge in [-0.25, -0.2) is 0 Å². The lowest BCUT2D eigenvalue weighted by atomic mass is 10.0. The van der Waals surface area contributed by atoms with E-state index in [1.165, 1.54) is 11.1 Å². The summed E-state index contributed by atoms with van der Waals surface area (Å²) in [6.07, 6.45) is -0.770. The number of hydrazine groups is 1. The van der Waals surface area contributed by atoms with Crippen molar-refractivity contribution in [2.45, 2.75) is 52.6 Å². The Hall–Kier alpha value is -2.54. The van der Waals surface area contributed by atoms with Gasteiger partial charge in [0.1, 0.15) is 11.5 Å². The molecule has 2 rings (SSSR count). The molecule has 1 unspecified atom stereocenters. The molecule has 0 spiro atoms. The first-order chi connectivity index (χ1) is 14.2. The van der Waals surface area contributed by atoms with Crippen LogP contribution >= 0.6 is 15.9 Å². The average molecular weight is 477 g/mol. The van der Waals surface area contributed by atoms with Crippen molar-refractivity contribution in [1.82, 2.24) is 10.9 Å². The maximum absolute atomic E-state index is 12.2. The molecule has 0 heterocycles. The van der Waals surface area contributed by atoms with Gasteiger partial charge in [0.05, 0.1) is 4.47 Å². The molecule has 0 saturated carbocycles. The minimum absolute atomic E-state index is 0.230. The van der Waals surface area contributed by atoms with E-state index in [9.17, 15) is 9.59 Å². The quantitative estimate of drug-likeness (QED) is 0.541. The molecule has 2 N–H and O–H groups in total. The predicted octanol–water partition coefficient (Wildman–Crippen LogP) is 4.69. The molecule has 7 heteroatoms. The van der Waals surface area contributed by atoms with Gasteiger partial charge in [0, 0.05) is 0 Å². The minimum atomic E-state index is -0.770. The molecule has 1 atom stereocenters. The van der Waals surface area contributed by atoms with Crippen LogP contribution in [0.25, 0.3) is 0 Å². The molecule has 2 amide bonds. The summed E-state index contributed by atoms with van der Waals surface area (Å²) in [4.78, 5) is 24.1. The highest BCUT2D eigenvalue weighted by molar-refractivity contribution is 9.10. The van der Waals surface area contributed by atoms with Crippen LogP contribution in [0.15, 0.2) is 46.9 Å². The van der Waals surface area contributed by atoms with Gasteiger partial charge >= 0.3 is 0 Å². The lowest BCUT2D eigenvalue weighted by Crippen LogP contribution is -2.48. The van der Waals surface area contributed by atoms with Crippen LogP contribution in [0.1, 0.15) is 57.6 Å². The zero-order valence-corrected chi connectivity index (χ0v) is 19.6. The summed E-state index contributed by atoms with van der Waals surface area (Å²) in [6.45, 7) is 9.80. The zero-order valence-electron chi connectivity index (χ0n) is 18.0. The normalized spacial score (nSPS) is 11.9. The third-order valence-electron chi connectivity index (χ3n) is 4.54. The number of halogens is 1. The van der Waals surface area contributed by atoms with Crippen LogP contribution < -0.4 is 20.3 Å². The Kier molecular flexibility index (Phi) is 8.72. The molecule has 0 radical (unpaired) electrons. The molecule has 0 fully saturated rings. The molecular weight excluding hydrogens is 448 g/mol. The Morgan fingerprint density at radius 3 is 2.07 bits per heavy atom. The first-order valence-corrected chi connectivity index (χ1v) is 10.7. The Balaban J connectivity index is 1.77. The van der Waals surface area contributed by atoms with Gasteiger partial charge in [0.2, 0.25) is 0 Å². The number of ether oxygens (including phenoxy) is 2. The Bertz CT molecular complexity index is 866. The number of nitrogens with one attached hydrogen (secondary N) is 2. The van der Waals surface area contributed by atoms with Crippen molar-refractivity contribution in [3.05, 3.63) is 58.1 Å². The van der Waals surface area contributed by atoms with Crippen LogP contribution in [-0.2, 0) is 9.59 Å². The Morgan fingerprint density at radius 2 is 1.50 bits per heavy atom. The van der Waals surface area contributed by atoms with E-state index in [-0.39, 0.29) is 6.61 Å². The lowest BCUT2D eigenvalue weighted by molar-refractivity contribution is -0.133. The molecule has 0 aliphatic heterocycles. The number of rotatable bonds is 8. The smallest absolute Gasteiger partial charge is 0.279 e. The zero-order chi connectivity index (χ0) is 22.3. The SMILES string of the molecule is CC(Oc1ccc(C(C)C)cc1)C(=O)NNC(=O)COc1ccc(C(C)C)cc1Br. The third-order valence-corrected chi connectivity index (χ3v) is 5.16. The van der Waals surface area contributed by atoms with Gasteiger partial charge in [-0.1, -0.05) is 45.9 Å². The second-order valence-corrected chi connectivity index (χ2v) is 8.51. The van der Waals surface area contributed by atoms with Crippen LogP contribution in [0.4, 0.5) is 0 Å². The number of carbonyl (C=O) groups is 2. The number of hydrogen-bond acceptors (Lipinski definition) is 4. The van der Waals surface area contributed by atoms with E-state index in [1.807, 2.05) is 42.5 Å². The monoisotopic (exact) mass is 476 g/mol. The standard InChI is InChI=1S/C23H29BrN2O4/c1-14(2)17-6-9-19(10-7-17)30-16(5)23(28)26-25-22(27)13-29-21-11-8-18(15(3)4)12-20(21)24/h6-12,14-16H,13H2,1-5H3,(H,25,27)(H,26,28). The van der Waals surface area contributed by atoms with Crippen molar-refractivity contribution in [1.29, 1.82) is 0 Å². The highest BCUT2D eigenvalue weighted by atomic mass is 79.9. The summed E-state index contributed by atoms with van der Waals surface area (Å²) in [7, 11) is 0. The fourth-order valence-corrected chi connectivity index (χ4v) is 3.11. The van der Waals surface area contributed by atoms with Crippen molar-refractivity contribution in [2.24, 2.45) is 0 Å². The Morgan fingerprint density at radius 1 is 0.900 bits per heavy atom. The molecular formula is C23H29BrN2O4. The van der Waals surface area contributed by atoms with E-state index < -0.39 is 17.9 Å². The maximum Gasteiger partial charge on any atom is 0.279 e. The van der Waals surface area contributed by atoms with Crippen molar-refractivity contribution in [3.63, 3.8) is 0 Å². The number of hydrogen-bond donors (Lipinski definition) is 2. The second kappa shape index (κ2) is 11.0. The van der Waals surface area contributed by atoms with Gasteiger partial charge in [-0.05, 0) is 70.1 Å². The van der Waals surface area contributed by atoms with Gasteiger partial charge in [-0.2, -0.15) is 0 Å². The molecule has 30 heavy (non-hydrogen) atoms. The van der Waals surface area contributed by atoms with Crippen LogP contribution in [0.2, 0.25) is 0 Å². The van der Waals surface area contributed by atoms with Crippen molar-refractivity contribution < 1.29 is 19.1 Å². The van der Waals surface area contributed by atoms with E-state index in [0.717, 1.165) is 4.47 Å². The summed E-state index contributed by atoms with van der Waals surface area (Å²) in [5.74, 6) is 1.03. The highest BCUT2D eigenvalue weighted by Gasteiger charge is 2.16. The van der Waals surface area contributed by atoms with Crippen molar-refractivity contribution in [2.75, 3.05) is 6.61 Å². The fraction of sp³-hybridized carbons (Fsp3) is 0.391. The summed E-state index contributed by atoms with van der Waals surface area (Å²) >= 11 is 3.45. The highest BCUT2D eigenvalue weighted by Crippen LogP contribution is 2.28. The molecule has 0 aromatic heterocycles. The fourth-order valence-electron chi connectivity index (χ4n) is 2.59. The molecule has 6 nitrogen and oxygen atoms in total. The minimum Gasteiger partial charge on any atom is -0.483 e. The average Bonchev–Trinajstić information content (AvgIpc) is 2.71. The first-order valence-electron chi connectivity index (χ1n) is 9.95. The molecule has 2 aromatic carbocycles. The first kappa shape index (κ1) is 23.7. The van der Waals surface area contributed by atoms with E-state index in [4.69, 9.17) is 9.47 Å². The predicted molar refractivity (Wildman–Crippen MR) is 121 cm³/mol. The maximum atomic E-state index is 12.2. The van der Waals surface area contributed by atoms with Gasteiger partial charge in [0.15, 0.2) is 12.7 Å². The van der Waals surface area contributed by atoms with Gasteiger partial charge < -0.3 is 9.47 Å². The number of benzene rings is 2. The topological polar surface area (TPSA) is 76.7 Å². The van der Waals surface area contributed by atoms with Gasteiger partial charge in [0.25, 0.3) is 11.8 Å². The largest absolute Gasteiger partial charge is 0.483 e. The summed E-state index contributed by atoms with van der Waals surface area (Å²) in [5, 5.41) is 0. The van der Waals surface area contributed by atoms with E-state index >= 15 is 0 Å². The van der Waals surface area contributed by atoms with E-state index in [1.54, 1.807) is 6.92 Å². The van der Waals surface area contributed by atoms with Crippen LogP contribution in [0.5, 0.6) is 11.5 Å². The molecule has 0 saturated heterocycles. The summed E-state index contributed by atoms with van der Waals surface area (Å²) in [5.41, 5.74) is 7.04. The van der Waals surface area contributed by atoms with Crippen molar-refractivity contribution >= 4 is 27.7 Å². The molecule has 0 aliphatic rings. The summed E-state index contributed by atoms with van der Waals surface area (Å²) < 4.78 is 11.9.